The number of fused-ring (bicyclic) bond motifs is 4. The molecule has 2 saturated heterocycles. The molecule has 0 saturated carbocycles. The summed E-state index contributed by atoms with van der Waals surface area (Å²) in [6.07, 6.45) is 6.00. The van der Waals surface area contributed by atoms with Crippen molar-refractivity contribution in [3.63, 3.8) is 0 Å². The van der Waals surface area contributed by atoms with Gasteiger partial charge in [0, 0.05) is 40.8 Å². The van der Waals surface area contributed by atoms with Gasteiger partial charge in [-0.2, -0.15) is 9.97 Å². The van der Waals surface area contributed by atoms with Crippen molar-refractivity contribution in [1.82, 2.24) is 29.4 Å². The number of aryl methyl sites for hydroxylation is 1. The van der Waals surface area contributed by atoms with Gasteiger partial charge in [0.1, 0.15) is 23.5 Å². The number of H-pyrrole nitrogens is 1. The molecule has 7 heterocycles. The first-order valence-corrected chi connectivity index (χ1v) is 15.1. The summed E-state index contributed by atoms with van der Waals surface area (Å²) in [5.74, 6) is -0.661. The molecule has 8 rings (SSSR count). The first-order chi connectivity index (χ1) is 20.9. The van der Waals surface area contributed by atoms with Crippen molar-refractivity contribution in [2.45, 2.75) is 51.3 Å². The molecule has 1 aromatic carbocycles. The zero-order chi connectivity index (χ0) is 29.3. The first kappa shape index (κ1) is 26.7. The number of aromatic nitrogens is 5. The zero-order valence-corrected chi connectivity index (χ0v) is 24.5. The number of pyridine rings is 2. The minimum Gasteiger partial charge on any atom is -0.461 e. The van der Waals surface area contributed by atoms with Gasteiger partial charge in [-0.1, -0.05) is 17.7 Å². The minimum atomic E-state index is -0.661. The Kier molecular flexibility index (Phi) is 6.29. The Morgan fingerprint density at radius 2 is 1.95 bits per heavy atom. The maximum absolute atomic E-state index is 16.7. The number of nitrogens with zero attached hydrogens (tertiary/aromatic N) is 5. The number of nitrogens with one attached hydrogen (secondary N) is 1. The second-order valence-corrected chi connectivity index (χ2v) is 12.2. The Labute approximate surface area is 251 Å². The van der Waals surface area contributed by atoms with Gasteiger partial charge in [-0.3, -0.25) is 14.7 Å². The lowest BCUT2D eigenvalue weighted by molar-refractivity contribution is 0.0855. The van der Waals surface area contributed by atoms with Crippen molar-refractivity contribution in [3.05, 3.63) is 69.0 Å². The van der Waals surface area contributed by atoms with Gasteiger partial charge in [0.05, 0.1) is 35.0 Å². The lowest BCUT2D eigenvalue weighted by Gasteiger charge is -2.31. The van der Waals surface area contributed by atoms with E-state index in [1.54, 1.807) is 12.3 Å². The number of benzene rings is 1. The predicted molar refractivity (Wildman–Crippen MR) is 162 cm³/mol. The van der Waals surface area contributed by atoms with Crippen LogP contribution >= 0.6 is 11.6 Å². The molecule has 1 N–H and O–H groups in total. The number of halogens is 2. The van der Waals surface area contributed by atoms with E-state index in [0.717, 1.165) is 55.7 Å². The van der Waals surface area contributed by atoms with Crippen LogP contribution in [0.5, 0.6) is 6.01 Å². The molecule has 0 amide bonds. The Bertz CT molecular complexity index is 1980. The average Bonchev–Trinajstić information content (AvgIpc) is 3.72. The smallest absolute Gasteiger partial charge is 0.317 e. The van der Waals surface area contributed by atoms with Gasteiger partial charge in [-0.15, -0.1) is 0 Å². The molecule has 3 aliphatic heterocycles. The molecule has 9 nitrogen and oxygen atoms in total. The molecule has 0 bridgehead atoms. The third kappa shape index (κ3) is 4.26. The lowest BCUT2D eigenvalue weighted by atomic mass is 9.95. The van der Waals surface area contributed by atoms with E-state index in [1.807, 2.05) is 25.1 Å². The van der Waals surface area contributed by atoms with Gasteiger partial charge in [0.2, 0.25) is 5.56 Å². The van der Waals surface area contributed by atoms with Gasteiger partial charge in [-0.05, 0) is 69.5 Å². The number of aromatic amines is 1. The summed E-state index contributed by atoms with van der Waals surface area (Å²) < 4.78 is 30.9. The number of hydrogen-bond donors (Lipinski definition) is 1. The first-order valence-electron chi connectivity index (χ1n) is 14.7. The highest BCUT2D eigenvalue weighted by Gasteiger charge is 2.45. The van der Waals surface area contributed by atoms with Crippen LogP contribution < -0.4 is 10.3 Å². The van der Waals surface area contributed by atoms with Crippen LogP contribution in [0, 0.1) is 12.7 Å². The van der Waals surface area contributed by atoms with Crippen LogP contribution in [0.3, 0.4) is 0 Å². The third-order valence-electron chi connectivity index (χ3n) is 9.36. The highest BCUT2D eigenvalue weighted by molar-refractivity contribution is 6.37. The molecule has 0 radical (unpaired) electrons. The largest absolute Gasteiger partial charge is 0.461 e. The SMILES string of the molecule is Cc1ccc2[nH]c(=O)cc(-c3ncc4c(-c5ccc6n5CCOC6)nc(OCC56CCCN5CCC6)nc4c3F)c2c1Cl. The lowest BCUT2D eigenvalue weighted by Crippen LogP contribution is -2.43. The number of ether oxygens (including phenoxy) is 2. The van der Waals surface area contributed by atoms with Gasteiger partial charge in [-0.25, -0.2) is 4.39 Å². The van der Waals surface area contributed by atoms with Crippen LogP contribution in [0.1, 0.15) is 36.9 Å². The maximum atomic E-state index is 16.7. The topological polar surface area (TPSA) is 98.2 Å². The molecule has 4 aromatic heterocycles. The summed E-state index contributed by atoms with van der Waals surface area (Å²) in [4.78, 5) is 32.0. The van der Waals surface area contributed by atoms with Crippen molar-refractivity contribution >= 4 is 33.4 Å². The Hall–Kier alpha value is -3.86. The van der Waals surface area contributed by atoms with Gasteiger partial charge < -0.3 is 19.0 Å². The highest BCUT2D eigenvalue weighted by Crippen LogP contribution is 2.40. The second-order valence-electron chi connectivity index (χ2n) is 11.8. The summed E-state index contributed by atoms with van der Waals surface area (Å²) in [5, 5.41) is 1.41. The molecule has 0 atom stereocenters. The standard InChI is InChI=1S/C32H30ClFN6O3/c1-18-4-6-22-25(26(18)33)20(14-24(41)36-22)29-27(34)30-21(15-35-29)28(23-7-5-19-16-42-13-12-40(19)23)37-31(38-30)43-17-32-8-2-10-39(32)11-3-9-32/h4-7,14-15H,2-3,8-13,16-17H2,1H3,(H,36,41). The predicted octanol–water partition coefficient (Wildman–Crippen LogP) is 5.64. The molecule has 220 valence electrons. The molecule has 0 spiro atoms. The number of rotatable bonds is 5. The van der Waals surface area contributed by atoms with Crippen LogP contribution in [0.15, 0.2) is 41.3 Å². The van der Waals surface area contributed by atoms with Crippen LogP contribution in [0.2, 0.25) is 5.02 Å². The average molecular weight is 601 g/mol. The van der Waals surface area contributed by atoms with E-state index in [4.69, 9.17) is 26.1 Å². The van der Waals surface area contributed by atoms with Crippen molar-refractivity contribution in [1.29, 1.82) is 0 Å². The molecule has 5 aromatic rings. The minimum absolute atomic E-state index is 0.00589. The molecular weight excluding hydrogens is 571 g/mol. The van der Waals surface area contributed by atoms with Crippen LogP contribution in [-0.4, -0.2) is 61.2 Å². The van der Waals surface area contributed by atoms with Crippen LogP contribution in [-0.2, 0) is 17.9 Å². The Balaban J connectivity index is 1.32. The fourth-order valence-electron chi connectivity index (χ4n) is 7.19. The zero-order valence-electron chi connectivity index (χ0n) is 23.8. The Morgan fingerprint density at radius 1 is 1.12 bits per heavy atom. The Morgan fingerprint density at radius 3 is 2.79 bits per heavy atom. The second kappa shape index (κ2) is 10.1. The fourth-order valence-corrected chi connectivity index (χ4v) is 7.46. The summed E-state index contributed by atoms with van der Waals surface area (Å²) >= 11 is 6.70. The fraction of sp³-hybridized carbons (Fsp3) is 0.375. The molecule has 0 aliphatic carbocycles. The summed E-state index contributed by atoms with van der Waals surface area (Å²) in [6, 6.07) is 9.02. The van der Waals surface area contributed by atoms with E-state index in [0.29, 0.717) is 58.9 Å². The third-order valence-corrected chi connectivity index (χ3v) is 9.85. The molecule has 43 heavy (non-hydrogen) atoms. The quantitative estimate of drug-likeness (QED) is 0.279. The van der Waals surface area contributed by atoms with E-state index in [-0.39, 0.29) is 28.3 Å². The monoisotopic (exact) mass is 600 g/mol. The van der Waals surface area contributed by atoms with E-state index in [1.165, 1.54) is 6.07 Å². The van der Waals surface area contributed by atoms with Gasteiger partial charge >= 0.3 is 6.01 Å². The van der Waals surface area contributed by atoms with E-state index in [9.17, 15) is 4.79 Å². The van der Waals surface area contributed by atoms with Crippen molar-refractivity contribution in [2.75, 3.05) is 26.3 Å². The normalized spacial score (nSPS) is 17.9. The van der Waals surface area contributed by atoms with Gasteiger partial charge in [0.15, 0.2) is 5.82 Å². The summed E-state index contributed by atoms with van der Waals surface area (Å²) in [7, 11) is 0. The van der Waals surface area contributed by atoms with Crippen LogP contribution in [0.4, 0.5) is 4.39 Å². The molecule has 11 heteroatoms. The van der Waals surface area contributed by atoms with E-state index in [2.05, 4.69) is 24.4 Å². The maximum Gasteiger partial charge on any atom is 0.317 e. The van der Waals surface area contributed by atoms with E-state index >= 15 is 4.39 Å². The van der Waals surface area contributed by atoms with E-state index < -0.39 is 5.82 Å². The van der Waals surface area contributed by atoms with Gasteiger partial charge in [0.25, 0.3) is 0 Å². The summed E-state index contributed by atoms with van der Waals surface area (Å²) in [6.45, 7) is 6.18. The van der Waals surface area contributed by atoms with Crippen molar-refractivity contribution in [2.24, 2.45) is 0 Å². The van der Waals surface area contributed by atoms with Crippen LogP contribution in [0.25, 0.3) is 44.5 Å². The molecule has 3 aliphatic rings. The van der Waals surface area contributed by atoms with Crippen molar-refractivity contribution < 1.29 is 13.9 Å². The molecule has 2 fully saturated rings. The molecule has 0 unspecified atom stereocenters. The number of hydrogen-bond acceptors (Lipinski definition) is 7. The molecular formula is C32H30ClFN6O3. The highest BCUT2D eigenvalue weighted by atomic mass is 35.5. The van der Waals surface area contributed by atoms with Crippen molar-refractivity contribution in [3.8, 4) is 28.7 Å². The summed E-state index contributed by atoms with van der Waals surface area (Å²) in [5.41, 5.74) is 3.67.